The van der Waals surface area contributed by atoms with Crippen molar-refractivity contribution in [1.82, 2.24) is 15.2 Å². The number of nitrogen functional groups attached to an aromatic ring is 1. The van der Waals surface area contributed by atoms with Gasteiger partial charge in [-0.1, -0.05) is 13.8 Å². The van der Waals surface area contributed by atoms with Gasteiger partial charge in [-0.05, 0) is 25.1 Å². The molecule has 6 nitrogen and oxygen atoms in total. The number of anilines is 1. The molecule has 0 aromatic carbocycles. The first-order valence-electron chi connectivity index (χ1n) is 6.38. The lowest BCUT2D eigenvalue weighted by atomic mass is 10.2. The number of carbonyl (C=O) groups excluding carboxylic acids is 1. The van der Waals surface area contributed by atoms with Crippen LogP contribution in [0.25, 0.3) is 0 Å². The number of aromatic nitrogens is 1. The second-order valence-electron chi connectivity index (χ2n) is 5.05. The highest BCUT2D eigenvalue weighted by Crippen LogP contribution is 2.07. The van der Waals surface area contributed by atoms with E-state index < -0.39 is 0 Å². The quantitative estimate of drug-likeness (QED) is 0.496. The van der Waals surface area contributed by atoms with E-state index in [0.29, 0.717) is 25.6 Å². The SMILES string of the molecule is CC(C)CNC(=O)CN(C)Cc1cc(NN)ccn1. The Morgan fingerprint density at radius 3 is 2.89 bits per heavy atom. The van der Waals surface area contributed by atoms with Crippen LogP contribution in [0.15, 0.2) is 18.3 Å². The molecular weight excluding hydrogens is 242 g/mol. The molecule has 6 heteroatoms. The van der Waals surface area contributed by atoms with E-state index in [-0.39, 0.29) is 5.91 Å². The van der Waals surface area contributed by atoms with Gasteiger partial charge in [0.25, 0.3) is 0 Å². The molecule has 0 saturated carbocycles. The lowest BCUT2D eigenvalue weighted by molar-refractivity contribution is -0.122. The highest BCUT2D eigenvalue weighted by atomic mass is 16.2. The summed E-state index contributed by atoms with van der Waals surface area (Å²) in [5, 5.41) is 2.89. The van der Waals surface area contributed by atoms with Gasteiger partial charge in [-0.25, -0.2) is 0 Å². The van der Waals surface area contributed by atoms with Crippen molar-refractivity contribution in [3.8, 4) is 0 Å². The molecule has 1 aromatic heterocycles. The molecule has 0 spiro atoms. The number of amides is 1. The van der Waals surface area contributed by atoms with E-state index >= 15 is 0 Å². The van der Waals surface area contributed by atoms with E-state index in [2.05, 4.69) is 29.6 Å². The first kappa shape index (κ1) is 15.4. The molecule has 1 heterocycles. The molecular formula is C13H23N5O. The second-order valence-corrected chi connectivity index (χ2v) is 5.05. The molecule has 0 fully saturated rings. The van der Waals surface area contributed by atoms with Crippen molar-refractivity contribution in [3.63, 3.8) is 0 Å². The minimum absolute atomic E-state index is 0.0318. The third-order valence-corrected chi connectivity index (χ3v) is 2.54. The predicted molar refractivity (Wildman–Crippen MR) is 76.2 cm³/mol. The first-order valence-corrected chi connectivity index (χ1v) is 6.38. The largest absolute Gasteiger partial charge is 0.355 e. The standard InChI is InChI=1S/C13H23N5O/c1-10(2)7-16-13(19)9-18(3)8-12-6-11(17-14)4-5-15-12/h4-6,10H,7-9,14H2,1-3H3,(H,15,17)(H,16,19). The zero-order chi connectivity index (χ0) is 14.3. The van der Waals surface area contributed by atoms with Gasteiger partial charge in [-0.2, -0.15) is 0 Å². The van der Waals surface area contributed by atoms with Crippen molar-refractivity contribution in [2.45, 2.75) is 20.4 Å². The summed E-state index contributed by atoms with van der Waals surface area (Å²) in [7, 11) is 1.89. The molecule has 4 N–H and O–H groups in total. The van der Waals surface area contributed by atoms with E-state index in [0.717, 1.165) is 11.4 Å². The Kier molecular flexibility index (Phi) is 6.24. The highest BCUT2D eigenvalue weighted by molar-refractivity contribution is 5.77. The summed E-state index contributed by atoms with van der Waals surface area (Å²) >= 11 is 0. The molecule has 0 bridgehead atoms. The Balaban J connectivity index is 2.41. The Labute approximate surface area is 114 Å². The molecule has 1 aromatic rings. The van der Waals surface area contributed by atoms with Gasteiger partial charge in [-0.3, -0.25) is 20.5 Å². The Hall–Kier alpha value is -1.66. The average Bonchev–Trinajstić information content (AvgIpc) is 2.36. The number of hydrazine groups is 1. The molecule has 106 valence electrons. The van der Waals surface area contributed by atoms with E-state index in [4.69, 9.17) is 5.84 Å². The van der Waals surface area contributed by atoms with Crippen molar-refractivity contribution in [2.75, 3.05) is 25.6 Å². The molecule has 19 heavy (non-hydrogen) atoms. The van der Waals surface area contributed by atoms with Gasteiger partial charge in [0.15, 0.2) is 0 Å². The number of nitrogens with one attached hydrogen (secondary N) is 2. The molecule has 1 amide bonds. The summed E-state index contributed by atoms with van der Waals surface area (Å²) in [4.78, 5) is 17.8. The molecule has 0 unspecified atom stereocenters. The second kappa shape index (κ2) is 7.70. The third-order valence-electron chi connectivity index (χ3n) is 2.54. The number of nitrogens with two attached hydrogens (primary N) is 1. The summed E-state index contributed by atoms with van der Waals surface area (Å²) in [6.07, 6.45) is 1.69. The number of hydrogen-bond donors (Lipinski definition) is 3. The van der Waals surface area contributed by atoms with Gasteiger partial charge in [0.2, 0.25) is 5.91 Å². The minimum atomic E-state index is 0.0318. The van der Waals surface area contributed by atoms with Gasteiger partial charge in [-0.15, -0.1) is 0 Å². The number of nitrogens with zero attached hydrogens (tertiary/aromatic N) is 2. The van der Waals surface area contributed by atoms with Crippen LogP contribution in [0.3, 0.4) is 0 Å². The fourth-order valence-corrected chi connectivity index (χ4v) is 1.61. The van der Waals surface area contributed by atoms with Crippen LogP contribution in [0.2, 0.25) is 0 Å². The number of pyridine rings is 1. The molecule has 0 aliphatic heterocycles. The number of rotatable bonds is 7. The van der Waals surface area contributed by atoms with Crippen molar-refractivity contribution in [2.24, 2.45) is 11.8 Å². The first-order chi connectivity index (χ1) is 9.01. The highest BCUT2D eigenvalue weighted by Gasteiger charge is 2.08. The van der Waals surface area contributed by atoms with Crippen LogP contribution in [0, 0.1) is 5.92 Å². The summed E-state index contributed by atoms with van der Waals surface area (Å²) in [6, 6.07) is 3.65. The zero-order valence-electron chi connectivity index (χ0n) is 11.8. The molecule has 1 rings (SSSR count). The summed E-state index contributed by atoms with van der Waals surface area (Å²) < 4.78 is 0. The monoisotopic (exact) mass is 265 g/mol. The van der Waals surface area contributed by atoms with Crippen LogP contribution in [0.1, 0.15) is 19.5 Å². The predicted octanol–water partition coefficient (Wildman–Crippen LogP) is 0.571. The summed E-state index contributed by atoms with van der Waals surface area (Å²) in [6.45, 7) is 5.80. The minimum Gasteiger partial charge on any atom is -0.355 e. The number of likely N-dealkylation sites (N-methyl/N-ethyl adjacent to an activating group) is 1. The van der Waals surface area contributed by atoms with E-state index in [1.54, 1.807) is 12.3 Å². The average molecular weight is 265 g/mol. The third kappa shape index (κ3) is 6.17. The van der Waals surface area contributed by atoms with E-state index in [1.165, 1.54) is 0 Å². The Bertz CT molecular complexity index is 408. The van der Waals surface area contributed by atoms with Crippen molar-refractivity contribution < 1.29 is 4.79 Å². The van der Waals surface area contributed by atoms with Crippen LogP contribution < -0.4 is 16.6 Å². The smallest absolute Gasteiger partial charge is 0.234 e. The van der Waals surface area contributed by atoms with Gasteiger partial charge >= 0.3 is 0 Å². The van der Waals surface area contributed by atoms with Crippen LogP contribution >= 0.6 is 0 Å². The fourth-order valence-electron chi connectivity index (χ4n) is 1.61. The zero-order valence-corrected chi connectivity index (χ0v) is 11.8. The van der Waals surface area contributed by atoms with Crippen molar-refractivity contribution in [3.05, 3.63) is 24.0 Å². The van der Waals surface area contributed by atoms with Crippen LogP contribution in [-0.2, 0) is 11.3 Å². The maximum Gasteiger partial charge on any atom is 0.234 e. The van der Waals surface area contributed by atoms with Crippen molar-refractivity contribution >= 4 is 11.6 Å². The van der Waals surface area contributed by atoms with E-state index in [9.17, 15) is 4.79 Å². The maximum atomic E-state index is 11.7. The Morgan fingerprint density at radius 1 is 1.53 bits per heavy atom. The van der Waals surface area contributed by atoms with Crippen LogP contribution in [0.5, 0.6) is 0 Å². The Morgan fingerprint density at radius 2 is 2.26 bits per heavy atom. The van der Waals surface area contributed by atoms with Crippen LogP contribution in [0.4, 0.5) is 5.69 Å². The van der Waals surface area contributed by atoms with Crippen LogP contribution in [-0.4, -0.2) is 35.9 Å². The lowest BCUT2D eigenvalue weighted by Gasteiger charge is -2.16. The molecule has 0 saturated heterocycles. The van der Waals surface area contributed by atoms with Gasteiger partial charge in [0.05, 0.1) is 17.9 Å². The molecule has 0 atom stereocenters. The van der Waals surface area contributed by atoms with E-state index in [1.807, 2.05) is 18.0 Å². The number of carbonyl (C=O) groups is 1. The lowest BCUT2D eigenvalue weighted by Crippen LogP contribution is -2.36. The fraction of sp³-hybridized carbons (Fsp3) is 0.538. The van der Waals surface area contributed by atoms with Gasteiger partial charge in [0.1, 0.15) is 0 Å². The molecule has 0 aliphatic rings. The summed E-state index contributed by atoms with van der Waals surface area (Å²) in [5.74, 6) is 5.84. The van der Waals surface area contributed by atoms with Gasteiger partial charge < -0.3 is 10.7 Å². The normalized spacial score (nSPS) is 10.8. The maximum absolute atomic E-state index is 11.7. The summed E-state index contributed by atoms with van der Waals surface area (Å²) in [5.41, 5.74) is 4.25. The van der Waals surface area contributed by atoms with Gasteiger partial charge in [0, 0.05) is 19.3 Å². The number of hydrogen-bond acceptors (Lipinski definition) is 5. The topological polar surface area (TPSA) is 83.3 Å². The molecule has 0 aliphatic carbocycles. The molecule has 0 radical (unpaired) electrons. The van der Waals surface area contributed by atoms with Crippen molar-refractivity contribution in [1.29, 1.82) is 0 Å².